The summed E-state index contributed by atoms with van der Waals surface area (Å²) in [5, 5.41) is 0.582. The molecule has 2 N–H and O–H groups in total. The van der Waals surface area contributed by atoms with Gasteiger partial charge in [-0.15, -0.1) is 5.06 Å². The Morgan fingerprint density at radius 1 is 0.758 bits per heavy atom. The number of ether oxygens (including phenoxy) is 1. The van der Waals surface area contributed by atoms with Gasteiger partial charge in [0.1, 0.15) is 18.1 Å². The van der Waals surface area contributed by atoms with Gasteiger partial charge in [-0.3, -0.25) is 18.7 Å². The fourth-order valence-electron chi connectivity index (χ4n) is 9.35. The third kappa shape index (κ3) is 10.8. The van der Waals surface area contributed by atoms with Gasteiger partial charge >= 0.3 is 5.97 Å². The van der Waals surface area contributed by atoms with E-state index in [1.54, 1.807) is 0 Å². The molecule has 3 aromatic rings. The van der Waals surface area contributed by atoms with E-state index in [1.165, 1.54) is 29.8 Å². The van der Waals surface area contributed by atoms with E-state index in [1.807, 2.05) is 24.3 Å². The van der Waals surface area contributed by atoms with Crippen molar-refractivity contribution < 1.29 is 54.5 Å². The van der Waals surface area contributed by atoms with Gasteiger partial charge in [-0.25, -0.2) is 4.79 Å². The summed E-state index contributed by atoms with van der Waals surface area (Å²) < 4.78 is 74.9. The Hall–Kier alpha value is -5.68. The van der Waals surface area contributed by atoms with E-state index in [0.717, 1.165) is 52.3 Å². The van der Waals surface area contributed by atoms with E-state index in [9.17, 15) is 40.3 Å². The lowest BCUT2D eigenvalue weighted by Gasteiger charge is -2.27. The van der Waals surface area contributed by atoms with E-state index in [2.05, 4.69) is 85.7 Å². The molecule has 3 aliphatic heterocycles. The molecule has 1 fully saturated rings. The second kappa shape index (κ2) is 19.7. The van der Waals surface area contributed by atoms with Crippen molar-refractivity contribution in [1.29, 1.82) is 0 Å². The summed E-state index contributed by atoms with van der Waals surface area (Å²) in [5.74, 6) is -0.900. The van der Waals surface area contributed by atoms with Gasteiger partial charge in [-0.2, -0.15) is 21.4 Å². The molecular weight excluding hydrogens is 883 g/mol. The smallest absolute Gasteiger partial charge is 0.333 e. The predicted molar refractivity (Wildman–Crippen MR) is 250 cm³/mol. The lowest BCUT2D eigenvalue weighted by molar-refractivity contribution is -0.438. The van der Waals surface area contributed by atoms with Crippen LogP contribution in [0.1, 0.15) is 109 Å². The number of allylic oxidation sites excluding steroid dienone is 7. The number of hydrogen-bond donors (Lipinski definition) is 2. The molecule has 14 nitrogen and oxygen atoms in total. The topological polar surface area (TPSA) is 188 Å². The number of hydrogen-bond acceptors (Lipinski definition) is 10. The minimum Gasteiger partial charge on any atom is -0.457 e. The van der Waals surface area contributed by atoms with E-state index in [0.29, 0.717) is 68.2 Å². The highest BCUT2D eigenvalue weighted by atomic mass is 32.2. The summed E-state index contributed by atoms with van der Waals surface area (Å²) in [6, 6.07) is 22.1. The average molecular weight is 941 g/mol. The van der Waals surface area contributed by atoms with Gasteiger partial charge in [0.15, 0.2) is 5.71 Å². The van der Waals surface area contributed by atoms with Crippen molar-refractivity contribution in [1.82, 2.24) is 5.06 Å². The summed E-state index contributed by atoms with van der Waals surface area (Å²) >= 11 is 0. The number of unbranched alkanes of at least 4 members (excludes halogenated alkanes) is 3. The molecule has 0 spiro atoms. The number of carbonyl (C=O) groups is 3. The molecule has 3 heterocycles. The number of rotatable bonds is 18. The Morgan fingerprint density at radius 2 is 1.44 bits per heavy atom. The molecule has 0 unspecified atom stereocenters. The molecule has 0 radical (unpaired) electrons. The number of benzene rings is 3. The first-order valence-corrected chi connectivity index (χ1v) is 25.5. The van der Waals surface area contributed by atoms with Crippen molar-refractivity contribution in [3.8, 4) is 5.75 Å². The highest BCUT2D eigenvalue weighted by Crippen LogP contribution is 2.48. The number of amides is 2. The minimum atomic E-state index is -4.42. The van der Waals surface area contributed by atoms with Gasteiger partial charge < -0.3 is 14.5 Å². The molecule has 4 aliphatic rings. The van der Waals surface area contributed by atoms with Crippen LogP contribution in [0, 0.1) is 0 Å². The van der Waals surface area contributed by atoms with Crippen LogP contribution in [0.15, 0.2) is 125 Å². The summed E-state index contributed by atoms with van der Waals surface area (Å²) in [7, 11) is -8.51. The average Bonchev–Trinajstić information content (AvgIpc) is 3.78. The molecule has 7 rings (SSSR count). The Labute approximate surface area is 387 Å². The van der Waals surface area contributed by atoms with Crippen molar-refractivity contribution >= 4 is 55.1 Å². The second-order valence-corrected chi connectivity index (χ2v) is 21.1. The van der Waals surface area contributed by atoms with Gasteiger partial charge in [0, 0.05) is 66.7 Å². The summed E-state index contributed by atoms with van der Waals surface area (Å²) in [5.41, 5.74) is 7.64. The molecular formula is C50H58N3O11S2+. The van der Waals surface area contributed by atoms with E-state index in [-0.39, 0.29) is 35.3 Å². The number of para-hydroxylation sites is 2. The van der Waals surface area contributed by atoms with Crippen LogP contribution in [0.5, 0.6) is 5.75 Å². The highest BCUT2D eigenvalue weighted by Gasteiger charge is 2.44. The van der Waals surface area contributed by atoms with Crippen LogP contribution in [0.4, 0.5) is 11.4 Å². The predicted octanol–water partition coefficient (Wildman–Crippen LogP) is 8.83. The minimum absolute atomic E-state index is 0.0443. The zero-order valence-corrected chi connectivity index (χ0v) is 39.5. The molecule has 66 heavy (non-hydrogen) atoms. The zero-order chi connectivity index (χ0) is 47.4. The van der Waals surface area contributed by atoms with Crippen LogP contribution in [-0.2, 0) is 50.3 Å². The monoisotopic (exact) mass is 940 g/mol. The largest absolute Gasteiger partial charge is 0.457 e. The quantitative estimate of drug-likeness (QED) is 0.0535. The molecule has 0 atom stereocenters. The molecule has 16 heteroatoms. The Bertz CT molecular complexity index is 2770. The van der Waals surface area contributed by atoms with Crippen LogP contribution in [-0.4, -0.2) is 77.9 Å². The number of carbonyl (C=O) groups excluding carboxylic acids is 3. The van der Waals surface area contributed by atoms with Crippen LogP contribution in [0.25, 0.3) is 0 Å². The number of nitrogens with zero attached hydrogens (tertiary/aromatic N) is 3. The van der Waals surface area contributed by atoms with Crippen molar-refractivity contribution in [3.63, 3.8) is 0 Å². The van der Waals surface area contributed by atoms with E-state index < -0.39 is 43.4 Å². The molecule has 2 amide bonds. The number of hydroxylamine groups is 2. The summed E-state index contributed by atoms with van der Waals surface area (Å²) in [6.07, 6.45) is 13.7. The molecule has 1 aliphatic carbocycles. The molecule has 3 aromatic carbocycles. The van der Waals surface area contributed by atoms with Crippen LogP contribution in [0.3, 0.4) is 0 Å². The highest BCUT2D eigenvalue weighted by molar-refractivity contribution is 7.86. The van der Waals surface area contributed by atoms with E-state index >= 15 is 0 Å². The first-order valence-electron chi connectivity index (χ1n) is 22.5. The van der Waals surface area contributed by atoms with Crippen LogP contribution >= 0.6 is 0 Å². The third-order valence-corrected chi connectivity index (χ3v) is 14.5. The van der Waals surface area contributed by atoms with Crippen LogP contribution in [0.2, 0.25) is 0 Å². The molecule has 0 saturated carbocycles. The second-order valence-electron chi connectivity index (χ2n) is 18.2. The van der Waals surface area contributed by atoms with Crippen LogP contribution < -0.4 is 9.64 Å². The van der Waals surface area contributed by atoms with Gasteiger partial charge in [0.2, 0.25) is 5.69 Å². The summed E-state index contributed by atoms with van der Waals surface area (Å²) in [4.78, 5) is 43.3. The molecule has 0 aromatic heterocycles. The Morgan fingerprint density at radius 3 is 2.14 bits per heavy atom. The maximum atomic E-state index is 12.5. The van der Waals surface area contributed by atoms with Crippen molar-refractivity contribution in [3.05, 3.63) is 131 Å². The molecule has 1 saturated heterocycles. The first kappa shape index (κ1) is 48.3. The van der Waals surface area contributed by atoms with Crippen molar-refractivity contribution in [2.75, 3.05) is 23.7 Å². The van der Waals surface area contributed by atoms with Crippen molar-refractivity contribution in [2.45, 2.75) is 114 Å². The Kier molecular flexibility index (Phi) is 14.4. The van der Waals surface area contributed by atoms with Gasteiger partial charge in [0.25, 0.3) is 32.1 Å². The summed E-state index contributed by atoms with van der Waals surface area (Å²) in [6.45, 7) is 9.92. The fraction of sp³-hybridized carbons (Fsp3) is 0.400. The van der Waals surface area contributed by atoms with E-state index in [4.69, 9.17) is 9.57 Å². The number of anilines is 1. The van der Waals surface area contributed by atoms with Gasteiger partial charge in [-0.05, 0) is 118 Å². The lowest BCUT2D eigenvalue weighted by Crippen LogP contribution is -2.31. The van der Waals surface area contributed by atoms with Gasteiger partial charge in [0.05, 0.1) is 16.1 Å². The maximum Gasteiger partial charge on any atom is 0.333 e. The third-order valence-electron chi connectivity index (χ3n) is 12.8. The fourth-order valence-corrected chi connectivity index (χ4v) is 10.4. The standard InChI is InChI=1S/C50H57N3O11S2/c1-49(2)39-17-7-9-19-41(39)51(32-11-5-6-21-47(56)64-53-45(54)30-31-46(53)55)43(49)28-22-35-15-14-16-36(48(35)63-37-24-26-38(27-25-37)66(60,61)62)23-29-44-50(3,4)40-18-8-10-20-42(40)52(44)33-12-13-34-65(57,58)59/h7-10,17-20,22-29H,5-6,11-16,21,30-34H2,1-4H3,(H-,57,58,59,60,61,62)/p+1. The SMILES string of the molecule is CC1(C)C(=CC=C2CCCC(C=CC3=[N+](CCCCCC(=O)ON4C(=O)CCC4=O)c4ccccc4C3(C)C)=C2Oc2ccc(S(=O)(=O)O)cc2)N(CCCCS(=O)(=O)O)c2ccccc21. The normalized spacial score (nSPS) is 19.4. The van der Waals surface area contributed by atoms with Crippen molar-refractivity contribution in [2.24, 2.45) is 0 Å². The molecule has 350 valence electrons. The zero-order valence-electron chi connectivity index (χ0n) is 37.9. The number of imide groups is 1. The maximum absolute atomic E-state index is 12.5. The Balaban J connectivity index is 1.21. The first-order chi connectivity index (χ1) is 31.3. The lowest BCUT2D eigenvalue weighted by atomic mass is 9.81. The van der Waals surface area contributed by atoms with Gasteiger partial charge in [-0.1, -0.05) is 56.3 Å². The molecule has 0 bridgehead atoms. The number of fused-ring (bicyclic) bond motifs is 2.